The molecule has 0 radical (unpaired) electrons. The lowest BCUT2D eigenvalue weighted by Crippen LogP contribution is -2.13. The molecule has 0 spiro atoms. The minimum Gasteiger partial charge on any atom is -0.496 e. The molecule has 0 aliphatic carbocycles. The molecular formula is C15H19NO. The van der Waals surface area contributed by atoms with Gasteiger partial charge in [0.05, 0.1) is 13.2 Å². The van der Waals surface area contributed by atoms with Crippen molar-refractivity contribution in [3.8, 4) is 5.75 Å². The van der Waals surface area contributed by atoms with Gasteiger partial charge in [-0.25, -0.2) is 0 Å². The lowest BCUT2D eigenvalue weighted by atomic mass is 9.98. The summed E-state index contributed by atoms with van der Waals surface area (Å²) in [6, 6.07) is 7.57. The Morgan fingerprint density at radius 1 is 1.41 bits per heavy atom. The zero-order chi connectivity index (χ0) is 12.7. The van der Waals surface area contributed by atoms with Crippen molar-refractivity contribution in [2.45, 2.75) is 13.0 Å². The lowest BCUT2D eigenvalue weighted by Gasteiger charge is -2.16. The van der Waals surface area contributed by atoms with Crippen molar-refractivity contribution in [2.75, 3.05) is 7.11 Å². The van der Waals surface area contributed by atoms with Crippen molar-refractivity contribution in [3.05, 3.63) is 66.3 Å². The Kier molecular flexibility index (Phi) is 5.24. The first-order valence-corrected chi connectivity index (χ1v) is 5.58. The molecule has 2 N–H and O–H groups in total. The summed E-state index contributed by atoms with van der Waals surface area (Å²) < 4.78 is 5.32. The SMILES string of the molecule is C=C/C=C(\C=C/C)C(N)c1ccccc1OC. The minimum absolute atomic E-state index is 0.208. The Morgan fingerprint density at radius 2 is 2.12 bits per heavy atom. The van der Waals surface area contributed by atoms with Gasteiger partial charge in [-0.05, 0) is 18.6 Å². The average Bonchev–Trinajstić information content (AvgIpc) is 2.37. The molecule has 0 aromatic heterocycles. The molecule has 0 bridgehead atoms. The van der Waals surface area contributed by atoms with Crippen molar-refractivity contribution < 1.29 is 4.74 Å². The first-order chi connectivity index (χ1) is 8.24. The van der Waals surface area contributed by atoms with Gasteiger partial charge in [-0.1, -0.05) is 49.1 Å². The van der Waals surface area contributed by atoms with E-state index in [0.717, 1.165) is 16.9 Å². The van der Waals surface area contributed by atoms with E-state index in [1.54, 1.807) is 13.2 Å². The Balaban J connectivity index is 3.13. The molecule has 0 aliphatic rings. The van der Waals surface area contributed by atoms with E-state index in [1.807, 2.05) is 49.4 Å². The monoisotopic (exact) mass is 229 g/mol. The fourth-order valence-corrected chi connectivity index (χ4v) is 1.69. The van der Waals surface area contributed by atoms with E-state index < -0.39 is 0 Å². The quantitative estimate of drug-likeness (QED) is 0.785. The molecule has 1 atom stereocenters. The van der Waals surface area contributed by atoms with E-state index in [1.165, 1.54) is 0 Å². The van der Waals surface area contributed by atoms with Crippen LogP contribution in [-0.4, -0.2) is 7.11 Å². The highest BCUT2D eigenvalue weighted by atomic mass is 16.5. The van der Waals surface area contributed by atoms with E-state index >= 15 is 0 Å². The van der Waals surface area contributed by atoms with Crippen molar-refractivity contribution in [3.63, 3.8) is 0 Å². The largest absolute Gasteiger partial charge is 0.496 e. The molecule has 0 aliphatic heterocycles. The standard InChI is InChI=1S/C15H19NO/c1-4-8-12(9-5-2)15(16)13-10-6-7-11-14(13)17-3/h4-11,15H,1,16H2,2-3H3/b9-5-,12-8+. The summed E-state index contributed by atoms with van der Waals surface area (Å²) in [5, 5.41) is 0. The van der Waals surface area contributed by atoms with Crippen LogP contribution in [0, 0.1) is 0 Å². The van der Waals surface area contributed by atoms with Gasteiger partial charge in [-0.2, -0.15) is 0 Å². The van der Waals surface area contributed by atoms with Crippen LogP contribution in [0.25, 0.3) is 0 Å². The number of hydrogen-bond acceptors (Lipinski definition) is 2. The first kappa shape index (κ1) is 13.3. The van der Waals surface area contributed by atoms with E-state index in [0.29, 0.717) is 0 Å². The molecule has 0 saturated heterocycles. The smallest absolute Gasteiger partial charge is 0.123 e. The van der Waals surface area contributed by atoms with Crippen molar-refractivity contribution in [1.29, 1.82) is 0 Å². The number of allylic oxidation sites excluding steroid dienone is 3. The van der Waals surface area contributed by atoms with Crippen LogP contribution >= 0.6 is 0 Å². The molecule has 0 heterocycles. The van der Waals surface area contributed by atoms with E-state index in [9.17, 15) is 0 Å². The highest BCUT2D eigenvalue weighted by Gasteiger charge is 2.13. The Labute approximate surface area is 103 Å². The fourth-order valence-electron chi connectivity index (χ4n) is 1.69. The number of nitrogens with two attached hydrogens (primary N) is 1. The zero-order valence-corrected chi connectivity index (χ0v) is 10.4. The summed E-state index contributed by atoms with van der Waals surface area (Å²) in [6.45, 7) is 5.67. The van der Waals surface area contributed by atoms with Crippen LogP contribution in [0.15, 0.2) is 60.7 Å². The fraction of sp³-hybridized carbons (Fsp3) is 0.200. The molecule has 2 nitrogen and oxygen atoms in total. The molecule has 90 valence electrons. The summed E-state index contributed by atoms with van der Waals surface area (Å²) in [7, 11) is 1.65. The molecule has 0 fully saturated rings. The number of benzene rings is 1. The third-order valence-corrected chi connectivity index (χ3v) is 2.50. The normalized spacial score (nSPS) is 13.7. The maximum atomic E-state index is 6.24. The molecular weight excluding hydrogens is 210 g/mol. The van der Waals surface area contributed by atoms with Crippen LogP contribution in [0.3, 0.4) is 0 Å². The van der Waals surface area contributed by atoms with Gasteiger partial charge in [0, 0.05) is 5.56 Å². The van der Waals surface area contributed by atoms with Gasteiger partial charge in [0.25, 0.3) is 0 Å². The summed E-state index contributed by atoms with van der Waals surface area (Å²) >= 11 is 0. The second-order valence-corrected chi connectivity index (χ2v) is 3.62. The first-order valence-electron chi connectivity index (χ1n) is 5.58. The number of ether oxygens (including phenoxy) is 1. The molecule has 0 amide bonds. The van der Waals surface area contributed by atoms with Crippen molar-refractivity contribution in [2.24, 2.45) is 5.73 Å². The molecule has 2 heteroatoms. The molecule has 1 rings (SSSR count). The maximum absolute atomic E-state index is 6.24. The van der Waals surface area contributed by atoms with Gasteiger partial charge in [0.15, 0.2) is 0 Å². The predicted octanol–water partition coefficient (Wildman–Crippen LogP) is 3.38. The predicted molar refractivity (Wildman–Crippen MR) is 73.0 cm³/mol. The number of para-hydroxylation sites is 1. The minimum atomic E-state index is -0.208. The third kappa shape index (κ3) is 3.33. The molecule has 1 aromatic carbocycles. The van der Waals surface area contributed by atoms with Crippen LogP contribution in [-0.2, 0) is 0 Å². The van der Waals surface area contributed by atoms with E-state index in [2.05, 4.69) is 6.58 Å². The highest BCUT2D eigenvalue weighted by Crippen LogP contribution is 2.28. The zero-order valence-electron chi connectivity index (χ0n) is 10.4. The van der Waals surface area contributed by atoms with E-state index in [-0.39, 0.29) is 6.04 Å². The molecule has 1 aromatic rings. The molecule has 1 unspecified atom stereocenters. The third-order valence-electron chi connectivity index (χ3n) is 2.50. The molecule has 17 heavy (non-hydrogen) atoms. The summed E-state index contributed by atoms with van der Waals surface area (Å²) in [6.07, 6.45) is 7.60. The number of rotatable bonds is 5. The average molecular weight is 229 g/mol. The van der Waals surface area contributed by atoms with Gasteiger partial charge in [-0.15, -0.1) is 0 Å². The highest BCUT2D eigenvalue weighted by molar-refractivity contribution is 5.43. The van der Waals surface area contributed by atoms with Crippen LogP contribution in [0.2, 0.25) is 0 Å². The number of hydrogen-bond donors (Lipinski definition) is 1. The second-order valence-electron chi connectivity index (χ2n) is 3.62. The van der Waals surface area contributed by atoms with Crippen LogP contribution in [0.5, 0.6) is 5.75 Å². The van der Waals surface area contributed by atoms with Crippen LogP contribution < -0.4 is 10.5 Å². The Hall–Kier alpha value is -1.80. The van der Waals surface area contributed by atoms with Gasteiger partial charge in [0.2, 0.25) is 0 Å². The van der Waals surface area contributed by atoms with Crippen molar-refractivity contribution >= 4 is 0 Å². The van der Waals surface area contributed by atoms with Gasteiger partial charge in [0.1, 0.15) is 5.75 Å². The van der Waals surface area contributed by atoms with Gasteiger partial charge >= 0.3 is 0 Å². The van der Waals surface area contributed by atoms with Gasteiger partial charge < -0.3 is 10.5 Å². The lowest BCUT2D eigenvalue weighted by molar-refractivity contribution is 0.408. The Bertz CT molecular complexity index is 432. The van der Waals surface area contributed by atoms with Crippen LogP contribution in [0.1, 0.15) is 18.5 Å². The van der Waals surface area contributed by atoms with E-state index in [4.69, 9.17) is 10.5 Å². The summed E-state index contributed by atoms with van der Waals surface area (Å²) in [4.78, 5) is 0. The van der Waals surface area contributed by atoms with Gasteiger partial charge in [-0.3, -0.25) is 0 Å². The maximum Gasteiger partial charge on any atom is 0.123 e. The van der Waals surface area contributed by atoms with Crippen molar-refractivity contribution in [1.82, 2.24) is 0 Å². The topological polar surface area (TPSA) is 35.2 Å². The Morgan fingerprint density at radius 3 is 2.71 bits per heavy atom. The number of methoxy groups -OCH3 is 1. The molecule has 0 saturated carbocycles. The summed E-state index contributed by atoms with van der Waals surface area (Å²) in [5.74, 6) is 0.805. The second kappa shape index (κ2) is 6.71. The van der Waals surface area contributed by atoms with Crippen LogP contribution in [0.4, 0.5) is 0 Å². The summed E-state index contributed by atoms with van der Waals surface area (Å²) in [5.41, 5.74) is 8.22.